The van der Waals surface area contributed by atoms with Crippen LogP contribution in [0.1, 0.15) is 30.6 Å². The number of nitrogens with zero attached hydrogens (tertiary/aromatic N) is 1. The lowest BCUT2D eigenvalue weighted by Gasteiger charge is -2.13. The Labute approximate surface area is 115 Å². The average molecular weight is 275 g/mol. The number of aromatic nitrogens is 1. The topological polar surface area (TPSA) is 50.2 Å². The van der Waals surface area contributed by atoms with E-state index >= 15 is 0 Å². The van der Waals surface area contributed by atoms with Gasteiger partial charge in [-0.2, -0.15) is 0 Å². The van der Waals surface area contributed by atoms with Crippen molar-refractivity contribution >= 4 is 10.8 Å². The van der Waals surface area contributed by atoms with Crippen LogP contribution in [0.25, 0.3) is 0 Å². The van der Waals surface area contributed by atoms with Gasteiger partial charge < -0.3 is 5.11 Å². The highest BCUT2D eigenvalue weighted by atomic mass is 32.2. The molecule has 0 spiro atoms. The highest BCUT2D eigenvalue weighted by Gasteiger charge is 2.16. The van der Waals surface area contributed by atoms with Crippen molar-refractivity contribution < 1.29 is 9.32 Å². The molecule has 0 bridgehead atoms. The molecule has 2 aromatic rings. The van der Waals surface area contributed by atoms with Crippen molar-refractivity contribution in [2.24, 2.45) is 0 Å². The van der Waals surface area contributed by atoms with E-state index < -0.39 is 16.9 Å². The molecular formula is C15H17NO2S. The minimum absolute atomic E-state index is 0.584. The van der Waals surface area contributed by atoms with Crippen LogP contribution in [-0.2, 0) is 10.8 Å². The van der Waals surface area contributed by atoms with Crippen molar-refractivity contribution in [1.29, 1.82) is 0 Å². The second kappa shape index (κ2) is 6.08. The first-order valence-corrected chi connectivity index (χ1v) is 7.39. The molecule has 0 aliphatic rings. The predicted molar refractivity (Wildman–Crippen MR) is 75.3 cm³/mol. The van der Waals surface area contributed by atoms with E-state index in [9.17, 15) is 9.32 Å². The van der Waals surface area contributed by atoms with Crippen LogP contribution < -0.4 is 0 Å². The minimum Gasteiger partial charge on any atom is -0.388 e. The van der Waals surface area contributed by atoms with E-state index in [1.807, 2.05) is 38.1 Å². The molecule has 1 heterocycles. The first-order chi connectivity index (χ1) is 9.13. The molecule has 19 heavy (non-hydrogen) atoms. The van der Waals surface area contributed by atoms with Gasteiger partial charge in [0.2, 0.25) is 0 Å². The zero-order valence-electron chi connectivity index (χ0n) is 11.0. The molecule has 0 aliphatic carbocycles. The maximum atomic E-state index is 12.6. The fraction of sp³-hybridized carbons (Fsp3) is 0.267. The Morgan fingerprint density at radius 2 is 1.95 bits per heavy atom. The smallest absolute Gasteiger partial charge is 0.0869 e. The minimum atomic E-state index is -1.31. The van der Waals surface area contributed by atoms with Crippen LogP contribution in [0.2, 0.25) is 0 Å². The van der Waals surface area contributed by atoms with Crippen molar-refractivity contribution in [3.8, 4) is 0 Å². The molecule has 2 rings (SSSR count). The number of aryl methyl sites for hydroxylation is 1. The van der Waals surface area contributed by atoms with Gasteiger partial charge in [-0.05, 0) is 31.5 Å². The Hall–Kier alpha value is -1.52. The van der Waals surface area contributed by atoms with Gasteiger partial charge in [0.25, 0.3) is 0 Å². The Bertz CT molecular complexity index is 581. The lowest BCUT2D eigenvalue weighted by atomic mass is 10.1. The van der Waals surface area contributed by atoms with E-state index in [0.717, 1.165) is 10.5 Å². The van der Waals surface area contributed by atoms with E-state index in [1.54, 1.807) is 18.5 Å². The summed E-state index contributed by atoms with van der Waals surface area (Å²) in [6.45, 7) is 3.88. The predicted octanol–water partition coefficient (Wildman–Crippen LogP) is 3.00. The van der Waals surface area contributed by atoms with E-state index in [0.29, 0.717) is 16.9 Å². The lowest BCUT2D eigenvalue weighted by Crippen LogP contribution is -2.04. The second-order valence-corrected chi connectivity index (χ2v) is 5.87. The summed E-state index contributed by atoms with van der Waals surface area (Å²) in [5.74, 6) is 0. The summed E-state index contributed by atoms with van der Waals surface area (Å²) in [7, 11) is -1.31. The van der Waals surface area contributed by atoms with Gasteiger partial charge in [-0.1, -0.05) is 24.6 Å². The van der Waals surface area contributed by atoms with Gasteiger partial charge in [0.05, 0.1) is 21.8 Å². The highest BCUT2D eigenvalue weighted by Crippen LogP contribution is 2.26. The number of rotatable bonds is 4. The molecule has 0 unspecified atom stereocenters. The molecule has 0 saturated heterocycles. The van der Waals surface area contributed by atoms with Gasteiger partial charge in [-0.15, -0.1) is 0 Å². The van der Waals surface area contributed by atoms with Crippen LogP contribution in [0.5, 0.6) is 0 Å². The van der Waals surface area contributed by atoms with Crippen LogP contribution in [0.4, 0.5) is 0 Å². The van der Waals surface area contributed by atoms with Crippen LogP contribution in [0, 0.1) is 6.92 Å². The molecule has 0 radical (unpaired) electrons. The van der Waals surface area contributed by atoms with E-state index in [-0.39, 0.29) is 0 Å². The summed E-state index contributed by atoms with van der Waals surface area (Å²) in [6.07, 6.45) is 3.17. The summed E-state index contributed by atoms with van der Waals surface area (Å²) in [5, 5.41) is 9.99. The van der Waals surface area contributed by atoms with Crippen LogP contribution in [-0.4, -0.2) is 14.3 Å². The third-order valence-electron chi connectivity index (χ3n) is 3.00. The maximum Gasteiger partial charge on any atom is 0.0869 e. The number of pyridine rings is 1. The molecule has 3 nitrogen and oxygen atoms in total. The zero-order chi connectivity index (χ0) is 13.8. The number of aliphatic hydroxyl groups is 1. The standard InChI is InChI=1S/C15H17NO2S/c1-3-14(17)13-8-9-16-10-15(13)19(18)12-6-4-11(2)5-7-12/h4-10,14,17H,3H2,1-2H3/t14-,19+/m0/s1. The number of benzene rings is 1. The van der Waals surface area contributed by atoms with Crippen LogP contribution in [0.3, 0.4) is 0 Å². The molecule has 2 atom stereocenters. The quantitative estimate of drug-likeness (QED) is 0.933. The number of aliphatic hydroxyl groups excluding tert-OH is 1. The van der Waals surface area contributed by atoms with Gasteiger partial charge in [0.15, 0.2) is 0 Å². The summed E-state index contributed by atoms with van der Waals surface area (Å²) in [5.41, 5.74) is 1.82. The Kier molecular flexibility index (Phi) is 4.45. The molecule has 0 fully saturated rings. The SMILES string of the molecule is CC[C@H](O)c1ccncc1[S@](=O)c1ccc(C)cc1. The fourth-order valence-corrected chi connectivity index (χ4v) is 3.04. The van der Waals surface area contributed by atoms with Crippen LogP contribution >= 0.6 is 0 Å². The largest absolute Gasteiger partial charge is 0.388 e. The normalized spacial score (nSPS) is 14.1. The van der Waals surface area contributed by atoms with Crippen molar-refractivity contribution in [2.75, 3.05) is 0 Å². The van der Waals surface area contributed by atoms with Gasteiger partial charge in [0, 0.05) is 22.9 Å². The first kappa shape index (κ1) is 13.9. The first-order valence-electron chi connectivity index (χ1n) is 6.24. The molecule has 1 aromatic carbocycles. The van der Waals surface area contributed by atoms with Gasteiger partial charge in [0.1, 0.15) is 0 Å². The zero-order valence-corrected chi connectivity index (χ0v) is 11.9. The molecule has 0 amide bonds. The summed E-state index contributed by atoms with van der Waals surface area (Å²) < 4.78 is 12.6. The lowest BCUT2D eigenvalue weighted by molar-refractivity contribution is 0.170. The van der Waals surface area contributed by atoms with E-state index in [1.165, 1.54) is 0 Å². The average Bonchev–Trinajstić information content (AvgIpc) is 2.46. The summed E-state index contributed by atoms with van der Waals surface area (Å²) in [6, 6.07) is 9.29. The van der Waals surface area contributed by atoms with Gasteiger partial charge in [-0.25, -0.2) is 4.21 Å². The molecular weight excluding hydrogens is 258 g/mol. The van der Waals surface area contributed by atoms with Gasteiger partial charge in [-0.3, -0.25) is 4.98 Å². The summed E-state index contributed by atoms with van der Waals surface area (Å²) >= 11 is 0. The maximum absolute atomic E-state index is 12.6. The molecule has 1 aromatic heterocycles. The Balaban J connectivity index is 2.41. The molecule has 1 N–H and O–H groups in total. The summed E-state index contributed by atoms with van der Waals surface area (Å²) in [4.78, 5) is 5.33. The fourth-order valence-electron chi connectivity index (χ4n) is 1.83. The van der Waals surface area contributed by atoms with E-state index in [4.69, 9.17) is 0 Å². The van der Waals surface area contributed by atoms with E-state index in [2.05, 4.69) is 4.98 Å². The molecule has 0 saturated carbocycles. The van der Waals surface area contributed by atoms with Crippen molar-refractivity contribution in [3.05, 3.63) is 53.9 Å². The third kappa shape index (κ3) is 3.08. The number of hydrogen-bond acceptors (Lipinski definition) is 3. The molecule has 4 heteroatoms. The Morgan fingerprint density at radius 1 is 1.26 bits per heavy atom. The third-order valence-corrected chi connectivity index (χ3v) is 4.44. The van der Waals surface area contributed by atoms with Crippen LogP contribution in [0.15, 0.2) is 52.5 Å². The van der Waals surface area contributed by atoms with Gasteiger partial charge >= 0.3 is 0 Å². The second-order valence-electron chi connectivity index (χ2n) is 4.42. The van der Waals surface area contributed by atoms with Crippen molar-refractivity contribution in [3.63, 3.8) is 0 Å². The molecule has 100 valence electrons. The Morgan fingerprint density at radius 3 is 2.58 bits per heavy atom. The molecule has 0 aliphatic heterocycles. The highest BCUT2D eigenvalue weighted by molar-refractivity contribution is 7.85. The number of hydrogen-bond donors (Lipinski definition) is 1. The van der Waals surface area contributed by atoms with Crippen molar-refractivity contribution in [2.45, 2.75) is 36.2 Å². The monoisotopic (exact) mass is 275 g/mol. The van der Waals surface area contributed by atoms with Crippen molar-refractivity contribution in [1.82, 2.24) is 4.98 Å².